The molecule has 4 aromatic rings. The maximum atomic E-state index is 13.7. The van der Waals surface area contributed by atoms with Gasteiger partial charge in [0.25, 0.3) is 11.6 Å². The number of likely N-dealkylation sites (tertiary alicyclic amines) is 1. The molecule has 6 heteroatoms. The van der Waals surface area contributed by atoms with Crippen LogP contribution in [0, 0.1) is 6.92 Å². The van der Waals surface area contributed by atoms with E-state index in [2.05, 4.69) is 17.1 Å². The largest absolute Gasteiger partial charge is 0.463 e. The Bertz CT molecular complexity index is 1190. The number of aryl methyl sites for hydroxylation is 1. The van der Waals surface area contributed by atoms with Gasteiger partial charge in [0.1, 0.15) is 11.4 Å². The number of carbonyl (C=O) groups is 1. The third kappa shape index (κ3) is 3.18. The van der Waals surface area contributed by atoms with Crippen LogP contribution >= 0.6 is 0 Å². The smallest absolute Gasteiger partial charge is 0.259 e. The summed E-state index contributed by atoms with van der Waals surface area (Å²) < 4.78 is 11.1. The molecule has 0 saturated carbocycles. The van der Waals surface area contributed by atoms with Gasteiger partial charge in [0.05, 0.1) is 17.2 Å². The SMILES string of the molecule is Cc1ccc(-c2noc3nc(-c4ccco4)cc(C(=O)N4CCCCC4C)c23)cc1. The van der Waals surface area contributed by atoms with Crippen molar-refractivity contribution >= 4 is 17.0 Å². The number of aromatic nitrogens is 2. The van der Waals surface area contributed by atoms with Crippen molar-refractivity contribution in [3.05, 3.63) is 59.9 Å². The van der Waals surface area contributed by atoms with E-state index in [1.165, 1.54) is 0 Å². The van der Waals surface area contributed by atoms with Gasteiger partial charge in [-0.05, 0) is 51.3 Å². The van der Waals surface area contributed by atoms with E-state index >= 15 is 0 Å². The summed E-state index contributed by atoms with van der Waals surface area (Å²) in [6.45, 7) is 4.90. The number of nitrogens with zero attached hydrogens (tertiary/aromatic N) is 3. The quantitative estimate of drug-likeness (QED) is 0.455. The van der Waals surface area contributed by atoms with Crippen LogP contribution in [0.3, 0.4) is 0 Å². The van der Waals surface area contributed by atoms with Gasteiger partial charge in [-0.25, -0.2) is 4.98 Å². The number of amides is 1. The number of rotatable bonds is 3. The molecule has 0 N–H and O–H groups in total. The third-order valence-corrected chi connectivity index (χ3v) is 5.84. The fraction of sp³-hybridized carbons (Fsp3) is 0.292. The van der Waals surface area contributed by atoms with Crippen LogP contribution in [0.4, 0.5) is 0 Å². The summed E-state index contributed by atoms with van der Waals surface area (Å²) in [6, 6.07) is 13.7. The summed E-state index contributed by atoms with van der Waals surface area (Å²) in [4.78, 5) is 20.2. The number of hydrogen-bond acceptors (Lipinski definition) is 5. The van der Waals surface area contributed by atoms with E-state index in [-0.39, 0.29) is 11.9 Å². The first-order valence-corrected chi connectivity index (χ1v) is 10.3. The number of piperidine rings is 1. The van der Waals surface area contributed by atoms with Crippen LogP contribution in [0.5, 0.6) is 0 Å². The highest BCUT2D eigenvalue weighted by Crippen LogP contribution is 2.34. The topological polar surface area (TPSA) is 72.4 Å². The maximum Gasteiger partial charge on any atom is 0.259 e. The number of benzene rings is 1. The molecule has 0 aliphatic carbocycles. The summed E-state index contributed by atoms with van der Waals surface area (Å²) in [5.41, 5.74) is 4.14. The van der Waals surface area contributed by atoms with Crippen molar-refractivity contribution in [1.82, 2.24) is 15.0 Å². The van der Waals surface area contributed by atoms with Crippen LogP contribution in [0.1, 0.15) is 42.1 Å². The lowest BCUT2D eigenvalue weighted by atomic mass is 9.99. The third-order valence-electron chi connectivity index (χ3n) is 5.84. The molecule has 1 aliphatic rings. The standard InChI is InChI=1S/C24H23N3O3/c1-15-8-10-17(11-9-15)22-21-18(24(28)27-12-4-3-6-16(27)2)14-19(20-7-5-13-29-20)25-23(21)30-26-22/h5,7-11,13-14,16H,3-4,6,12H2,1-2H3. The van der Waals surface area contributed by atoms with Crippen LogP contribution in [-0.2, 0) is 0 Å². The predicted molar refractivity (Wildman–Crippen MR) is 114 cm³/mol. The Balaban J connectivity index is 1.71. The number of furan rings is 1. The zero-order valence-electron chi connectivity index (χ0n) is 17.1. The van der Waals surface area contributed by atoms with E-state index in [0.717, 1.165) is 36.9 Å². The van der Waals surface area contributed by atoms with Gasteiger partial charge in [-0.2, -0.15) is 0 Å². The monoisotopic (exact) mass is 401 g/mol. The van der Waals surface area contributed by atoms with Gasteiger partial charge in [-0.3, -0.25) is 4.79 Å². The molecule has 30 heavy (non-hydrogen) atoms. The van der Waals surface area contributed by atoms with Crippen molar-refractivity contribution in [1.29, 1.82) is 0 Å². The summed E-state index contributed by atoms with van der Waals surface area (Å²) in [7, 11) is 0. The highest BCUT2D eigenvalue weighted by atomic mass is 16.5. The van der Waals surface area contributed by atoms with Crippen molar-refractivity contribution < 1.29 is 13.7 Å². The van der Waals surface area contributed by atoms with E-state index < -0.39 is 0 Å². The molecule has 0 radical (unpaired) electrons. The number of pyridine rings is 1. The molecule has 5 rings (SSSR count). The fourth-order valence-corrected chi connectivity index (χ4v) is 4.13. The number of fused-ring (bicyclic) bond motifs is 1. The first-order chi connectivity index (χ1) is 14.6. The fourth-order valence-electron chi connectivity index (χ4n) is 4.13. The van der Waals surface area contributed by atoms with E-state index in [1.807, 2.05) is 42.2 Å². The molecule has 152 valence electrons. The molecule has 1 saturated heterocycles. The predicted octanol–water partition coefficient (Wildman–Crippen LogP) is 5.47. The van der Waals surface area contributed by atoms with Gasteiger partial charge < -0.3 is 13.8 Å². The molecule has 1 unspecified atom stereocenters. The van der Waals surface area contributed by atoms with Gasteiger partial charge in [0.15, 0.2) is 5.76 Å². The number of hydrogen-bond donors (Lipinski definition) is 0. The van der Waals surface area contributed by atoms with Crippen molar-refractivity contribution in [3.63, 3.8) is 0 Å². The Morgan fingerprint density at radius 1 is 1.17 bits per heavy atom. The molecule has 1 aliphatic heterocycles. The average Bonchev–Trinajstić information content (AvgIpc) is 3.44. The van der Waals surface area contributed by atoms with Crippen molar-refractivity contribution in [3.8, 4) is 22.7 Å². The first-order valence-electron chi connectivity index (χ1n) is 10.3. The highest BCUT2D eigenvalue weighted by Gasteiger charge is 2.29. The molecular weight excluding hydrogens is 378 g/mol. The molecule has 0 bridgehead atoms. The Morgan fingerprint density at radius 2 is 2.00 bits per heavy atom. The molecule has 1 aromatic carbocycles. The van der Waals surface area contributed by atoms with Gasteiger partial charge >= 0.3 is 0 Å². The minimum Gasteiger partial charge on any atom is -0.463 e. The van der Waals surface area contributed by atoms with Crippen LogP contribution in [0.2, 0.25) is 0 Å². The molecule has 1 fully saturated rings. The number of carbonyl (C=O) groups excluding carboxylic acids is 1. The summed E-state index contributed by atoms with van der Waals surface area (Å²) in [5, 5.41) is 4.94. The second-order valence-electron chi connectivity index (χ2n) is 7.95. The van der Waals surface area contributed by atoms with E-state index in [1.54, 1.807) is 18.4 Å². The van der Waals surface area contributed by atoms with Crippen LogP contribution in [-0.4, -0.2) is 33.5 Å². The van der Waals surface area contributed by atoms with E-state index in [9.17, 15) is 4.79 Å². The lowest BCUT2D eigenvalue weighted by molar-refractivity contribution is 0.0637. The minimum absolute atomic E-state index is 0.0148. The second kappa shape index (κ2) is 7.44. The summed E-state index contributed by atoms with van der Waals surface area (Å²) in [5.74, 6) is 0.574. The van der Waals surface area contributed by atoms with Gasteiger partial charge in [-0.1, -0.05) is 35.0 Å². The van der Waals surface area contributed by atoms with Crippen molar-refractivity contribution in [2.45, 2.75) is 39.2 Å². The molecule has 4 heterocycles. The zero-order valence-corrected chi connectivity index (χ0v) is 17.1. The Hall–Kier alpha value is -3.41. The molecule has 1 atom stereocenters. The van der Waals surface area contributed by atoms with Crippen molar-refractivity contribution in [2.75, 3.05) is 6.54 Å². The van der Waals surface area contributed by atoms with Crippen LogP contribution in [0.15, 0.2) is 57.7 Å². The summed E-state index contributed by atoms with van der Waals surface area (Å²) >= 11 is 0. The van der Waals surface area contributed by atoms with E-state index in [4.69, 9.17) is 8.94 Å². The normalized spacial score (nSPS) is 16.9. The minimum atomic E-state index is -0.0148. The Kier molecular flexibility index (Phi) is 4.62. The van der Waals surface area contributed by atoms with E-state index in [0.29, 0.717) is 33.8 Å². The maximum absolute atomic E-state index is 13.7. The lowest BCUT2D eigenvalue weighted by Gasteiger charge is -2.33. The second-order valence-corrected chi connectivity index (χ2v) is 7.95. The lowest BCUT2D eigenvalue weighted by Crippen LogP contribution is -2.42. The van der Waals surface area contributed by atoms with Crippen LogP contribution < -0.4 is 0 Å². The van der Waals surface area contributed by atoms with Gasteiger partial charge in [0, 0.05) is 18.2 Å². The Morgan fingerprint density at radius 3 is 2.73 bits per heavy atom. The molecule has 6 nitrogen and oxygen atoms in total. The highest BCUT2D eigenvalue weighted by molar-refractivity contribution is 6.10. The van der Waals surface area contributed by atoms with Crippen molar-refractivity contribution in [2.24, 2.45) is 0 Å². The summed E-state index contributed by atoms with van der Waals surface area (Å²) in [6.07, 6.45) is 4.77. The first kappa shape index (κ1) is 18.6. The zero-order chi connectivity index (χ0) is 20.7. The average molecular weight is 401 g/mol. The van der Waals surface area contributed by atoms with Gasteiger partial charge in [0.2, 0.25) is 0 Å². The Labute approximate surface area is 174 Å². The van der Waals surface area contributed by atoms with Crippen LogP contribution in [0.25, 0.3) is 33.8 Å². The van der Waals surface area contributed by atoms with Gasteiger partial charge in [-0.15, -0.1) is 0 Å². The molecule has 3 aromatic heterocycles. The molecular formula is C24H23N3O3. The molecule has 1 amide bonds. The molecule has 0 spiro atoms.